The smallest absolute Gasteiger partial charge is 0.212 e. The SMILES string of the molecule is Fc1cc(F)c(Nc2nccn2-c2ccccc2)cc1F. The molecule has 3 nitrogen and oxygen atoms in total. The van der Waals surface area contributed by atoms with Crippen LogP contribution < -0.4 is 5.32 Å². The second-order valence-electron chi connectivity index (χ2n) is 4.33. The molecule has 2 aromatic carbocycles. The Bertz CT molecular complexity index is 769. The van der Waals surface area contributed by atoms with Gasteiger partial charge in [0.05, 0.1) is 5.69 Å². The summed E-state index contributed by atoms with van der Waals surface area (Å²) in [6.45, 7) is 0. The van der Waals surface area contributed by atoms with Crippen LogP contribution in [0.2, 0.25) is 0 Å². The van der Waals surface area contributed by atoms with Gasteiger partial charge in [0, 0.05) is 30.2 Å². The Kier molecular flexibility index (Phi) is 3.35. The molecule has 0 bridgehead atoms. The Hall–Kier alpha value is -2.76. The number of halogens is 3. The van der Waals surface area contributed by atoms with Crippen molar-refractivity contribution in [3.05, 3.63) is 72.3 Å². The molecule has 21 heavy (non-hydrogen) atoms. The van der Waals surface area contributed by atoms with Gasteiger partial charge in [0.2, 0.25) is 5.95 Å². The molecule has 0 aliphatic heterocycles. The summed E-state index contributed by atoms with van der Waals surface area (Å²) in [4.78, 5) is 4.05. The van der Waals surface area contributed by atoms with Gasteiger partial charge in [-0.05, 0) is 12.1 Å². The lowest BCUT2D eigenvalue weighted by Gasteiger charge is -2.10. The second-order valence-corrected chi connectivity index (χ2v) is 4.33. The predicted octanol–water partition coefficient (Wildman–Crippen LogP) is 4.03. The van der Waals surface area contributed by atoms with Gasteiger partial charge in [-0.25, -0.2) is 18.2 Å². The van der Waals surface area contributed by atoms with Crippen LogP contribution in [-0.4, -0.2) is 9.55 Å². The van der Waals surface area contributed by atoms with Gasteiger partial charge in [-0.15, -0.1) is 0 Å². The lowest BCUT2D eigenvalue weighted by Crippen LogP contribution is -2.03. The summed E-state index contributed by atoms with van der Waals surface area (Å²) in [5, 5.41) is 2.66. The fraction of sp³-hybridized carbons (Fsp3) is 0. The molecule has 0 spiro atoms. The van der Waals surface area contributed by atoms with Crippen LogP contribution in [0, 0.1) is 17.5 Å². The van der Waals surface area contributed by atoms with Crippen LogP contribution in [0.1, 0.15) is 0 Å². The maximum absolute atomic E-state index is 13.7. The van der Waals surface area contributed by atoms with Gasteiger partial charge in [-0.2, -0.15) is 0 Å². The van der Waals surface area contributed by atoms with E-state index in [2.05, 4.69) is 10.3 Å². The minimum absolute atomic E-state index is 0.183. The Balaban J connectivity index is 1.97. The number of para-hydroxylation sites is 1. The van der Waals surface area contributed by atoms with Crippen molar-refractivity contribution in [1.29, 1.82) is 0 Å². The van der Waals surface area contributed by atoms with E-state index in [-0.39, 0.29) is 5.69 Å². The number of imidazole rings is 1. The Morgan fingerprint density at radius 3 is 2.38 bits per heavy atom. The molecular formula is C15H10F3N3. The molecule has 0 radical (unpaired) electrons. The third-order valence-electron chi connectivity index (χ3n) is 2.93. The molecule has 3 rings (SSSR count). The predicted molar refractivity (Wildman–Crippen MR) is 73.2 cm³/mol. The summed E-state index contributed by atoms with van der Waals surface area (Å²) in [7, 11) is 0. The van der Waals surface area contributed by atoms with Gasteiger partial charge in [-0.3, -0.25) is 4.57 Å². The van der Waals surface area contributed by atoms with E-state index in [4.69, 9.17) is 0 Å². The van der Waals surface area contributed by atoms with E-state index in [1.165, 1.54) is 6.20 Å². The second kappa shape index (κ2) is 5.32. The molecule has 0 saturated carbocycles. The average Bonchev–Trinajstić information content (AvgIpc) is 2.94. The summed E-state index contributed by atoms with van der Waals surface area (Å²) >= 11 is 0. The highest BCUT2D eigenvalue weighted by Crippen LogP contribution is 2.23. The van der Waals surface area contributed by atoms with Gasteiger partial charge < -0.3 is 5.32 Å². The summed E-state index contributed by atoms with van der Waals surface area (Å²) in [6, 6.07) is 10.5. The molecule has 0 aliphatic rings. The number of nitrogens with zero attached hydrogens (tertiary/aromatic N) is 2. The summed E-state index contributed by atoms with van der Waals surface area (Å²) in [6.07, 6.45) is 3.20. The molecule has 0 aliphatic carbocycles. The fourth-order valence-electron chi connectivity index (χ4n) is 1.93. The van der Waals surface area contributed by atoms with Crippen LogP contribution in [0.5, 0.6) is 0 Å². The maximum Gasteiger partial charge on any atom is 0.212 e. The molecule has 0 amide bonds. The molecule has 106 valence electrons. The zero-order valence-electron chi connectivity index (χ0n) is 10.7. The molecule has 0 saturated heterocycles. The summed E-state index contributed by atoms with van der Waals surface area (Å²) in [5.74, 6) is -2.95. The van der Waals surface area contributed by atoms with E-state index in [9.17, 15) is 13.2 Å². The van der Waals surface area contributed by atoms with Crippen molar-refractivity contribution in [2.75, 3.05) is 5.32 Å². The molecule has 1 N–H and O–H groups in total. The third kappa shape index (κ3) is 2.60. The first-order chi connectivity index (χ1) is 10.1. The first-order valence-electron chi connectivity index (χ1n) is 6.15. The third-order valence-corrected chi connectivity index (χ3v) is 2.93. The largest absolute Gasteiger partial charge is 0.323 e. The van der Waals surface area contributed by atoms with E-state index in [1.54, 1.807) is 10.8 Å². The maximum atomic E-state index is 13.7. The average molecular weight is 289 g/mol. The van der Waals surface area contributed by atoms with Crippen LogP contribution in [0.3, 0.4) is 0 Å². The molecule has 0 fully saturated rings. The molecule has 0 unspecified atom stereocenters. The summed E-state index contributed by atoms with van der Waals surface area (Å²) < 4.78 is 41.4. The first kappa shape index (κ1) is 13.2. The van der Waals surface area contributed by atoms with Crippen molar-refractivity contribution in [2.45, 2.75) is 0 Å². The van der Waals surface area contributed by atoms with Crippen LogP contribution in [0.25, 0.3) is 5.69 Å². The number of rotatable bonds is 3. The van der Waals surface area contributed by atoms with E-state index < -0.39 is 17.5 Å². The Morgan fingerprint density at radius 2 is 1.62 bits per heavy atom. The molecule has 1 aromatic heterocycles. The quantitative estimate of drug-likeness (QED) is 0.738. The first-order valence-corrected chi connectivity index (χ1v) is 6.15. The van der Waals surface area contributed by atoms with Crippen LogP contribution in [-0.2, 0) is 0 Å². The highest BCUT2D eigenvalue weighted by atomic mass is 19.2. The van der Waals surface area contributed by atoms with Gasteiger partial charge in [0.1, 0.15) is 5.82 Å². The standard InChI is InChI=1S/C15H10F3N3/c16-11-8-13(18)14(9-12(11)17)20-15-19-6-7-21(15)10-4-2-1-3-5-10/h1-9H,(H,19,20). The zero-order chi connectivity index (χ0) is 14.8. The number of hydrogen-bond donors (Lipinski definition) is 1. The number of hydrogen-bond acceptors (Lipinski definition) is 2. The molecule has 6 heteroatoms. The normalized spacial score (nSPS) is 10.6. The minimum Gasteiger partial charge on any atom is -0.323 e. The Labute approximate surface area is 118 Å². The molecule has 0 atom stereocenters. The molecular weight excluding hydrogens is 279 g/mol. The van der Waals surface area contributed by atoms with Gasteiger partial charge in [0.15, 0.2) is 11.6 Å². The number of benzene rings is 2. The topological polar surface area (TPSA) is 29.9 Å². The van der Waals surface area contributed by atoms with E-state index in [0.29, 0.717) is 12.0 Å². The Morgan fingerprint density at radius 1 is 0.905 bits per heavy atom. The van der Waals surface area contributed by atoms with Crippen LogP contribution in [0.15, 0.2) is 54.9 Å². The summed E-state index contributed by atoms with van der Waals surface area (Å²) in [5.41, 5.74) is 0.623. The van der Waals surface area contributed by atoms with Gasteiger partial charge in [0.25, 0.3) is 0 Å². The zero-order valence-corrected chi connectivity index (χ0v) is 10.7. The molecule has 1 heterocycles. The van der Waals surface area contributed by atoms with E-state index >= 15 is 0 Å². The van der Waals surface area contributed by atoms with Crippen molar-refractivity contribution < 1.29 is 13.2 Å². The lowest BCUT2D eigenvalue weighted by atomic mass is 10.3. The fourth-order valence-corrected chi connectivity index (χ4v) is 1.93. The monoisotopic (exact) mass is 289 g/mol. The van der Waals surface area contributed by atoms with Crippen LogP contribution in [0.4, 0.5) is 24.8 Å². The minimum atomic E-state index is -1.23. The van der Waals surface area contributed by atoms with Gasteiger partial charge in [-0.1, -0.05) is 18.2 Å². The van der Waals surface area contributed by atoms with Crippen LogP contribution >= 0.6 is 0 Å². The van der Waals surface area contributed by atoms with Crippen molar-refractivity contribution in [3.63, 3.8) is 0 Å². The van der Waals surface area contributed by atoms with Crippen molar-refractivity contribution in [3.8, 4) is 5.69 Å². The van der Waals surface area contributed by atoms with E-state index in [1.807, 2.05) is 30.3 Å². The van der Waals surface area contributed by atoms with Crippen molar-refractivity contribution in [2.24, 2.45) is 0 Å². The van der Waals surface area contributed by atoms with E-state index in [0.717, 1.165) is 11.8 Å². The number of aromatic nitrogens is 2. The van der Waals surface area contributed by atoms with Crippen molar-refractivity contribution in [1.82, 2.24) is 9.55 Å². The molecule has 3 aromatic rings. The lowest BCUT2D eigenvalue weighted by molar-refractivity contribution is 0.496. The highest BCUT2D eigenvalue weighted by Gasteiger charge is 2.12. The van der Waals surface area contributed by atoms with Gasteiger partial charge >= 0.3 is 0 Å². The highest BCUT2D eigenvalue weighted by molar-refractivity contribution is 5.57. The van der Waals surface area contributed by atoms with Crippen molar-refractivity contribution >= 4 is 11.6 Å². The number of anilines is 2. The number of nitrogens with one attached hydrogen (secondary N) is 1.